The predicted octanol–water partition coefficient (Wildman–Crippen LogP) is 1.67. The third-order valence-corrected chi connectivity index (χ3v) is 3.76. The van der Waals surface area contributed by atoms with Crippen LogP contribution in [0.2, 0.25) is 0 Å². The summed E-state index contributed by atoms with van der Waals surface area (Å²) in [5.41, 5.74) is 1.46. The molecule has 1 aromatic carbocycles. The summed E-state index contributed by atoms with van der Waals surface area (Å²) in [6.07, 6.45) is 3.04. The van der Waals surface area contributed by atoms with Gasteiger partial charge in [0.05, 0.1) is 0 Å². The number of aryl methyl sites for hydroxylation is 1. The number of amides is 2. The molecule has 7 nitrogen and oxygen atoms in total. The van der Waals surface area contributed by atoms with Gasteiger partial charge >= 0.3 is 5.69 Å². The molecule has 25 heavy (non-hydrogen) atoms. The van der Waals surface area contributed by atoms with Crippen molar-refractivity contribution in [1.82, 2.24) is 14.5 Å². The van der Waals surface area contributed by atoms with Gasteiger partial charge in [-0.1, -0.05) is 0 Å². The van der Waals surface area contributed by atoms with Crippen LogP contribution in [0, 0.1) is 6.92 Å². The van der Waals surface area contributed by atoms with Crippen LogP contribution in [-0.4, -0.2) is 39.4 Å². The number of carbonyl (C=O) groups is 2. The highest BCUT2D eigenvalue weighted by Gasteiger charge is 2.12. The number of rotatable bonds is 6. The SMILES string of the molecule is CCN(CC)C(=O)c1ccc(NC(=O)Cn2cc(C)cnc2=O)cc1. The van der Waals surface area contributed by atoms with Crippen molar-refractivity contribution >= 4 is 17.5 Å². The largest absolute Gasteiger partial charge is 0.347 e. The van der Waals surface area contributed by atoms with Crippen molar-refractivity contribution in [2.45, 2.75) is 27.3 Å². The van der Waals surface area contributed by atoms with Gasteiger partial charge in [0.15, 0.2) is 0 Å². The molecule has 0 atom stereocenters. The summed E-state index contributed by atoms with van der Waals surface area (Å²) >= 11 is 0. The Bertz CT molecular complexity index is 808. The highest BCUT2D eigenvalue weighted by atomic mass is 16.2. The van der Waals surface area contributed by atoms with Crippen LogP contribution in [0.5, 0.6) is 0 Å². The molecule has 1 aromatic heterocycles. The number of aromatic nitrogens is 2. The van der Waals surface area contributed by atoms with Crippen molar-refractivity contribution in [2.75, 3.05) is 18.4 Å². The number of anilines is 1. The summed E-state index contributed by atoms with van der Waals surface area (Å²) in [5, 5.41) is 2.71. The smallest absolute Gasteiger partial charge is 0.339 e. The summed E-state index contributed by atoms with van der Waals surface area (Å²) in [5.74, 6) is -0.377. The summed E-state index contributed by atoms with van der Waals surface area (Å²) < 4.78 is 1.25. The fraction of sp³-hybridized carbons (Fsp3) is 0.333. The maximum atomic E-state index is 12.2. The first kappa shape index (κ1) is 18.4. The molecule has 0 saturated carbocycles. The molecule has 0 saturated heterocycles. The van der Waals surface area contributed by atoms with Gasteiger partial charge in [-0.3, -0.25) is 14.2 Å². The van der Waals surface area contributed by atoms with Crippen LogP contribution in [0.15, 0.2) is 41.5 Å². The average molecular weight is 342 g/mol. The lowest BCUT2D eigenvalue weighted by Crippen LogP contribution is -2.30. The van der Waals surface area contributed by atoms with Gasteiger partial charge in [-0.05, 0) is 50.6 Å². The van der Waals surface area contributed by atoms with Crippen molar-refractivity contribution in [2.24, 2.45) is 0 Å². The van der Waals surface area contributed by atoms with E-state index in [9.17, 15) is 14.4 Å². The quantitative estimate of drug-likeness (QED) is 0.865. The Morgan fingerprint density at radius 3 is 2.40 bits per heavy atom. The van der Waals surface area contributed by atoms with Gasteiger partial charge in [0.2, 0.25) is 5.91 Å². The molecule has 0 aliphatic carbocycles. The maximum Gasteiger partial charge on any atom is 0.347 e. The lowest BCUT2D eigenvalue weighted by atomic mass is 10.1. The molecule has 0 aliphatic heterocycles. The third-order valence-electron chi connectivity index (χ3n) is 3.76. The fourth-order valence-corrected chi connectivity index (χ4v) is 2.42. The van der Waals surface area contributed by atoms with E-state index in [0.717, 1.165) is 5.56 Å². The van der Waals surface area contributed by atoms with E-state index in [1.54, 1.807) is 42.3 Å². The number of nitrogens with zero attached hydrogens (tertiary/aromatic N) is 3. The minimum Gasteiger partial charge on any atom is -0.339 e. The van der Waals surface area contributed by atoms with E-state index in [1.165, 1.54) is 10.8 Å². The number of nitrogens with one attached hydrogen (secondary N) is 1. The first-order valence-corrected chi connectivity index (χ1v) is 8.16. The van der Waals surface area contributed by atoms with E-state index in [1.807, 2.05) is 13.8 Å². The van der Waals surface area contributed by atoms with E-state index in [0.29, 0.717) is 24.3 Å². The van der Waals surface area contributed by atoms with Crippen molar-refractivity contribution < 1.29 is 9.59 Å². The molecule has 2 rings (SSSR count). The van der Waals surface area contributed by atoms with Gasteiger partial charge < -0.3 is 10.2 Å². The predicted molar refractivity (Wildman–Crippen MR) is 95.6 cm³/mol. The van der Waals surface area contributed by atoms with Crippen LogP contribution in [0.1, 0.15) is 29.8 Å². The second kappa shape index (κ2) is 8.23. The fourth-order valence-electron chi connectivity index (χ4n) is 2.42. The van der Waals surface area contributed by atoms with Crippen LogP contribution in [0.4, 0.5) is 5.69 Å². The Morgan fingerprint density at radius 1 is 1.16 bits per heavy atom. The Hall–Kier alpha value is -2.96. The van der Waals surface area contributed by atoms with E-state index in [4.69, 9.17) is 0 Å². The molecule has 0 bridgehead atoms. The number of carbonyl (C=O) groups excluding carboxylic acids is 2. The molecular weight excluding hydrogens is 320 g/mol. The Morgan fingerprint density at radius 2 is 1.80 bits per heavy atom. The highest BCUT2D eigenvalue weighted by molar-refractivity contribution is 5.95. The van der Waals surface area contributed by atoms with Gasteiger partial charge in [-0.2, -0.15) is 0 Å². The standard InChI is InChI=1S/C18H22N4O3/c1-4-21(5-2)17(24)14-6-8-15(9-7-14)20-16(23)12-22-11-13(3)10-19-18(22)25/h6-11H,4-5,12H2,1-3H3,(H,20,23). The van der Waals surface area contributed by atoms with Crippen LogP contribution in [0.3, 0.4) is 0 Å². The Kier molecular flexibility index (Phi) is 6.05. The number of hydrogen-bond acceptors (Lipinski definition) is 4. The molecule has 1 heterocycles. The third kappa shape index (κ3) is 4.76. The van der Waals surface area contributed by atoms with Gasteiger partial charge in [0.25, 0.3) is 5.91 Å². The van der Waals surface area contributed by atoms with Gasteiger partial charge in [0, 0.05) is 36.7 Å². The van der Waals surface area contributed by atoms with Gasteiger partial charge in [-0.25, -0.2) is 9.78 Å². The van der Waals surface area contributed by atoms with Crippen molar-refractivity contribution in [3.05, 3.63) is 58.3 Å². The van der Waals surface area contributed by atoms with Crippen molar-refractivity contribution in [1.29, 1.82) is 0 Å². The van der Waals surface area contributed by atoms with Crippen LogP contribution in [0.25, 0.3) is 0 Å². The molecule has 0 aliphatic rings. The molecule has 7 heteroatoms. The molecular formula is C18H22N4O3. The molecule has 132 valence electrons. The van der Waals surface area contributed by atoms with Crippen molar-refractivity contribution in [3.63, 3.8) is 0 Å². The summed E-state index contributed by atoms with van der Waals surface area (Å²) in [6, 6.07) is 6.70. The molecule has 2 aromatic rings. The Balaban J connectivity index is 2.03. The van der Waals surface area contributed by atoms with E-state index in [-0.39, 0.29) is 18.4 Å². The molecule has 0 radical (unpaired) electrons. The molecule has 0 unspecified atom stereocenters. The summed E-state index contributed by atoms with van der Waals surface area (Å²) in [6.45, 7) is 6.83. The topological polar surface area (TPSA) is 84.3 Å². The van der Waals surface area contributed by atoms with Crippen LogP contribution >= 0.6 is 0 Å². The van der Waals surface area contributed by atoms with Gasteiger partial charge in [-0.15, -0.1) is 0 Å². The first-order valence-electron chi connectivity index (χ1n) is 8.16. The lowest BCUT2D eigenvalue weighted by Gasteiger charge is -2.18. The molecule has 2 amide bonds. The monoisotopic (exact) mass is 342 g/mol. The first-order chi connectivity index (χ1) is 11.9. The molecule has 0 fully saturated rings. The van der Waals surface area contributed by atoms with E-state index < -0.39 is 5.69 Å². The highest BCUT2D eigenvalue weighted by Crippen LogP contribution is 2.12. The summed E-state index contributed by atoms with van der Waals surface area (Å²) in [7, 11) is 0. The minimum atomic E-state index is -0.471. The van der Waals surface area contributed by atoms with Crippen LogP contribution in [-0.2, 0) is 11.3 Å². The molecule has 0 spiro atoms. The zero-order valence-electron chi connectivity index (χ0n) is 14.7. The molecule has 1 N–H and O–H groups in total. The second-order valence-corrected chi connectivity index (χ2v) is 5.64. The maximum absolute atomic E-state index is 12.2. The number of hydrogen-bond donors (Lipinski definition) is 1. The summed E-state index contributed by atoms with van der Waals surface area (Å²) in [4.78, 5) is 41.4. The van der Waals surface area contributed by atoms with Gasteiger partial charge in [0.1, 0.15) is 6.54 Å². The van der Waals surface area contributed by atoms with E-state index >= 15 is 0 Å². The van der Waals surface area contributed by atoms with E-state index in [2.05, 4.69) is 10.3 Å². The Labute approximate surface area is 146 Å². The van der Waals surface area contributed by atoms with Crippen molar-refractivity contribution in [3.8, 4) is 0 Å². The number of benzene rings is 1. The average Bonchev–Trinajstić information content (AvgIpc) is 2.59. The zero-order chi connectivity index (χ0) is 18.4. The van der Waals surface area contributed by atoms with Crippen LogP contribution < -0.4 is 11.0 Å². The normalized spacial score (nSPS) is 10.4. The second-order valence-electron chi connectivity index (χ2n) is 5.64. The minimum absolute atomic E-state index is 0.0414. The lowest BCUT2D eigenvalue weighted by molar-refractivity contribution is -0.116. The zero-order valence-corrected chi connectivity index (χ0v) is 14.7.